The van der Waals surface area contributed by atoms with Crippen LogP contribution in [0.15, 0.2) is 53.4 Å². The number of nitrogens with one attached hydrogen (secondary N) is 2. The lowest BCUT2D eigenvalue weighted by molar-refractivity contribution is 0.0949. The summed E-state index contributed by atoms with van der Waals surface area (Å²) in [5.41, 5.74) is 1.89. The van der Waals surface area contributed by atoms with Crippen LogP contribution in [-0.4, -0.2) is 35.0 Å². The van der Waals surface area contributed by atoms with Gasteiger partial charge in [-0.25, -0.2) is 8.42 Å². The van der Waals surface area contributed by atoms with Gasteiger partial charge in [-0.05, 0) is 54.4 Å². The molecule has 0 atom stereocenters. The van der Waals surface area contributed by atoms with E-state index >= 15 is 0 Å². The fourth-order valence-corrected chi connectivity index (χ4v) is 3.28. The van der Waals surface area contributed by atoms with Crippen LogP contribution in [-0.2, 0) is 10.0 Å². The van der Waals surface area contributed by atoms with Crippen molar-refractivity contribution < 1.29 is 13.2 Å². The molecule has 2 aromatic carbocycles. The Labute approximate surface area is 155 Å². The summed E-state index contributed by atoms with van der Waals surface area (Å²) in [4.78, 5) is 14.0. The summed E-state index contributed by atoms with van der Waals surface area (Å²) >= 11 is 0. The number of carbonyl (C=O) groups is 1. The molecule has 7 heteroatoms. The van der Waals surface area contributed by atoms with Crippen LogP contribution >= 0.6 is 0 Å². The van der Waals surface area contributed by atoms with Crippen molar-refractivity contribution in [2.45, 2.75) is 18.7 Å². The van der Waals surface area contributed by atoms with Crippen LogP contribution in [0.5, 0.6) is 0 Å². The molecule has 0 aromatic heterocycles. The molecule has 0 saturated carbocycles. The second-order valence-electron chi connectivity index (χ2n) is 6.68. The molecule has 0 bridgehead atoms. The molecule has 0 aliphatic carbocycles. The number of hydrogen-bond acceptors (Lipinski definition) is 4. The van der Waals surface area contributed by atoms with Gasteiger partial charge in [0, 0.05) is 37.6 Å². The molecular formula is C19H25N3O3S. The Morgan fingerprint density at radius 2 is 1.58 bits per heavy atom. The first-order valence-electron chi connectivity index (χ1n) is 8.37. The maximum absolute atomic E-state index is 12.5. The van der Waals surface area contributed by atoms with Gasteiger partial charge in [-0.3, -0.25) is 9.52 Å². The minimum Gasteiger partial charge on any atom is -0.378 e. The third-order valence-corrected chi connectivity index (χ3v) is 5.13. The van der Waals surface area contributed by atoms with Gasteiger partial charge in [-0.1, -0.05) is 13.8 Å². The number of rotatable bonds is 7. The predicted molar refractivity (Wildman–Crippen MR) is 105 cm³/mol. The summed E-state index contributed by atoms with van der Waals surface area (Å²) in [5, 5.41) is 2.80. The lowest BCUT2D eigenvalue weighted by Crippen LogP contribution is -2.27. The highest BCUT2D eigenvalue weighted by Crippen LogP contribution is 2.20. The van der Waals surface area contributed by atoms with Crippen molar-refractivity contribution in [3.63, 3.8) is 0 Å². The third-order valence-electron chi connectivity index (χ3n) is 3.73. The molecule has 2 aromatic rings. The predicted octanol–water partition coefficient (Wildman–Crippen LogP) is 2.94. The summed E-state index contributed by atoms with van der Waals surface area (Å²) in [6, 6.07) is 13.0. The molecule has 0 spiro atoms. The first-order chi connectivity index (χ1) is 12.2. The van der Waals surface area contributed by atoms with E-state index in [1.807, 2.05) is 45.0 Å². The Balaban J connectivity index is 2.10. The molecule has 0 fully saturated rings. The zero-order valence-electron chi connectivity index (χ0n) is 15.5. The zero-order valence-corrected chi connectivity index (χ0v) is 16.3. The van der Waals surface area contributed by atoms with Crippen molar-refractivity contribution in [3.05, 3.63) is 54.1 Å². The van der Waals surface area contributed by atoms with Crippen LogP contribution in [0.25, 0.3) is 0 Å². The fraction of sp³-hybridized carbons (Fsp3) is 0.316. The number of anilines is 2. The molecule has 0 unspecified atom stereocenters. The summed E-state index contributed by atoms with van der Waals surface area (Å²) < 4.78 is 27.5. The highest BCUT2D eigenvalue weighted by atomic mass is 32.2. The van der Waals surface area contributed by atoms with E-state index in [-0.39, 0.29) is 10.8 Å². The number of carbonyl (C=O) groups excluding carboxylic acids is 1. The normalized spacial score (nSPS) is 11.3. The molecule has 0 saturated heterocycles. The molecule has 0 aliphatic heterocycles. The molecule has 0 radical (unpaired) electrons. The highest BCUT2D eigenvalue weighted by Gasteiger charge is 2.15. The summed E-state index contributed by atoms with van der Waals surface area (Å²) in [6.45, 7) is 4.59. The molecule has 0 aliphatic rings. The van der Waals surface area contributed by atoms with E-state index in [1.165, 1.54) is 24.3 Å². The third kappa shape index (κ3) is 5.23. The summed E-state index contributed by atoms with van der Waals surface area (Å²) in [6.07, 6.45) is 0. The van der Waals surface area contributed by atoms with E-state index in [0.717, 1.165) is 5.69 Å². The van der Waals surface area contributed by atoms with Gasteiger partial charge in [0.2, 0.25) is 0 Å². The van der Waals surface area contributed by atoms with Gasteiger partial charge in [-0.15, -0.1) is 0 Å². The Bertz CT molecular complexity index is 843. The van der Waals surface area contributed by atoms with E-state index in [2.05, 4.69) is 10.0 Å². The van der Waals surface area contributed by atoms with E-state index in [4.69, 9.17) is 0 Å². The number of sulfonamides is 1. The lowest BCUT2D eigenvalue weighted by atomic mass is 10.2. The smallest absolute Gasteiger partial charge is 0.261 e. The van der Waals surface area contributed by atoms with Crippen LogP contribution in [0.3, 0.4) is 0 Å². The number of benzene rings is 2. The minimum absolute atomic E-state index is 0.106. The monoisotopic (exact) mass is 375 g/mol. The van der Waals surface area contributed by atoms with Crippen LogP contribution in [0.2, 0.25) is 0 Å². The van der Waals surface area contributed by atoms with Gasteiger partial charge < -0.3 is 10.2 Å². The molecule has 6 nitrogen and oxygen atoms in total. The van der Waals surface area contributed by atoms with Crippen molar-refractivity contribution in [1.82, 2.24) is 5.32 Å². The van der Waals surface area contributed by atoms with Crippen LogP contribution in [0.1, 0.15) is 24.2 Å². The van der Waals surface area contributed by atoms with Gasteiger partial charge in [0.05, 0.1) is 4.90 Å². The molecule has 26 heavy (non-hydrogen) atoms. The zero-order chi connectivity index (χ0) is 19.3. The van der Waals surface area contributed by atoms with Crippen molar-refractivity contribution >= 4 is 27.3 Å². The van der Waals surface area contributed by atoms with Gasteiger partial charge in [0.25, 0.3) is 15.9 Å². The maximum Gasteiger partial charge on any atom is 0.261 e. The van der Waals surface area contributed by atoms with E-state index < -0.39 is 10.0 Å². The number of hydrogen-bond donors (Lipinski definition) is 2. The highest BCUT2D eigenvalue weighted by molar-refractivity contribution is 7.92. The van der Waals surface area contributed by atoms with Crippen LogP contribution in [0.4, 0.5) is 11.4 Å². The molecule has 2 rings (SSSR count). The van der Waals surface area contributed by atoms with Crippen molar-refractivity contribution in [2.24, 2.45) is 5.92 Å². The first-order valence-corrected chi connectivity index (χ1v) is 9.86. The molecule has 0 heterocycles. The van der Waals surface area contributed by atoms with Crippen molar-refractivity contribution in [3.8, 4) is 0 Å². The second kappa shape index (κ2) is 8.23. The van der Waals surface area contributed by atoms with Crippen LogP contribution < -0.4 is 14.9 Å². The van der Waals surface area contributed by atoms with Crippen molar-refractivity contribution in [1.29, 1.82) is 0 Å². The Kier molecular flexibility index (Phi) is 6.26. The number of nitrogens with zero attached hydrogens (tertiary/aromatic N) is 1. The Morgan fingerprint density at radius 3 is 2.08 bits per heavy atom. The topological polar surface area (TPSA) is 78.5 Å². The standard InChI is InChI=1S/C19H25N3O3S/c1-14(2)13-20-19(23)15-5-11-18(12-6-15)26(24,25)21-16-7-9-17(10-8-16)22(3)4/h5-12,14,21H,13H2,1-4H3,(H,20,23). The quantitative estimate of drug-likeness (QED) is 0.780. The van der Waals surface area contributed by atoms with Crippen molar-refractivity contribution in [2.75, 3.05) is 30.3 Å². The molecule has 2 N–H and O–H groups in total. The maximum atomic E-state index is 12.5. The summed E-state index contributed by atoms with van der Waals surface area (Å²) in [5.74, 6) is 0.136. The van der Waals surface area contributed by atoms with Gasteiger partial charge >= 0.3 is 0 Å². The SMILES string of the molecule is CC(C)CNC(=O)c1ccc(S(=O)(=O)Nc2ccc(N(C)C)cc2)cc1. The Morgan fingerprint density at radius 1 is 1.00 bits per heavy atom. The second-order valence-corrected chi connectivity index (χ2v) is 8.36. The number of amides is 1. The minimum atomic E-state index is -3.71. The largest absolute Gasteiger partial charge is 0.378 e. The van der Waals surface area contributed by atoms with Gasteiger partial charge in [0.15, 0.2) is 0 Å². The van der Waals surface area contributed by atoms with Crippen LogP contribution in [0, 0.1) is 5.92 Å². The lowest BCUT2D eigenvalue weighted by Gasteiger charge is -2.13. The van der Waals surface area contributed by atoms with E-state index in [9.17, 15) is 13.2 Å². The first kappa shape index (κ1) is 19.8. The summed E-state index contributed by atoms with van der Waals surface area (Å²) in [7, 11) is 0.120. The molecule has 1 amide bonds. The average Bonchev–Trinajstić information content (AvgIpc) is 2.60. The average molecular weight is 375 g/mol. The van der Waals surface area contributed by atoms with Gasteiger partial charge in [-0.2, -0.15) is 0 Å². The van der Waals surface area contributed by atoms with Gasteiger partial charge in [0.1, 0.15) is 0 Å². The fourth-order valence-electron chi connectivity index (χ4n) is 2.23. The Hall–Kier alpha value is -2.54. The molecular weight excluding hydrogens is 350 g/mol. The van der Waals surface area contributed by atoms with E-state index in [1.54, 1.807) is 12.1 Å². The molecule has 140 valence electrons. The van der Waals surface area contributed by atoms with E-state index in [0.29, 0.717) is 23.7 Å².